The number of hydrogen-bond acceptors (Lipinski definition) is 5. The molecule has 0 fully saturated rings. The molecule has 0 aliphatic rings. The Hall–Kier alpha value is -3.69. The number of hydrazine groups is 1. The topological polar surface area (TPSA) is 141 Å². The van der Waals surface area contributed by atoms with E-state index in [4.69, 9.17) is 17.4 Å². The third-order valence-electron chi connectivity index (χ3n) is 3.68. The van der Waals surface area contributed by atoms with E-state index >= 15 is 0 Å². The van der Waals surface area contributed by atoms with E-state index in [0.29, 0.717) is 10.7 Å². The Morgan fingerprint density at radius 1 is 1.00 bits per heavy atom. The molecule has 2 amide bonds. The molecule has 0 aliphatic carbocycles. The lowest BCUT2D eigenvalue weighted by atomic mass is 10.1. The third-order valence-corrected chi connectivity index (χ3v) is 3.91. The lowest BCUT2D eigenvalue weighted by Gasteiger charge is -2.17. The molecule has 9 nitrogen and oxygen atoms in total. The molecule has 3 rings (SSSR count). The van der Waals surface area contributed by atoms with Gasteiger partial charge in [0, 0.05) is 22.3 Å². The Bertz CT molecular complexity index is 1140. The van der Waals surface area contributed by atoms with Crippen LogP contribution in [0.2, 0.25) is 5.02 Å². The van der Waals surface area contributed by atoms with E-state index in [1.807, 2.05) is 4.98 Å². The van der Waals surface area contributed by atoms with E-state index in [2.05, 4.69) is 10.3 Å². The first-order valence-corrected chi connectivity index (χ1v) is 8.31. The van der Waals surface area contributed by atoms with Crippen molar-refractivity contribution in [2.24, 2.45) is 5.84 Å². The molecule has 0 unspecified atom stereocenters. The zero-order valence-electron chi connectivity index (χ0n) is 14.2. The standard InChI is InChI=1S/C18H14ClN5O4/c19-11-4-2-6-13(8-11)24(20)17(27)10-3-1-5-12(7-10)21-16(26)14-9-15(25)23-18(28)22-14/h1-9H,20H2,(H,21,26)(H2,22,23,25,28). The van der Waals surface area contributed by atoms with E-state index in [1.54, 1.807) is 30.3 Å². The Morgan fingerprint density at radius 3 is 2.46 bits per heavy atom. The molecule has 0 atom stereocenters. The fourth-order valence-electron chi connectivity index (χ4n) is 2.40. The van der Waals surface area contributed by atoms with Gasteiger partial charge in [0.1, 0.15) is 5.69 Å². The zero-order valence-corrected chi connectivity index (χ0v) is 15.0. The van der Waals surface area contributed by atoms with Crippen molar-refractivity contribution in [1.29, 1.82) is 0 Å². The number of nitrogens with two attached hydrogens (primary N) is 1. The Balaban J connectivity index is 1.81. The minimum Gasteiger partial charge on any atom is -0.321 e. The third kappa shape index (κ3) is 4.34. The van der Waals surface area contributed by atoms with Gasteiger partial charge in [0.2, 0.25) is 0 Å². The van der Waals surface area contributed by atoms with Crippen molar-refractivity contribution in [2.45, 2.75) is 0 Å². The van der Waals surface area contributed by atoms with E-state index in [1.165, 1.54) is 18.2 Å². The van der Waals surface area contributed by atoms with Crippen LogP contribution in [0.5, 0.6) is 0 Å². The van der Waals surface area contributed by atoms with E-state index in [9.17, 15) is 19.2 Å². The molecule has 1 heterocycles. The lowest BCUT2D eigenvalue weighted by molar-refractivity contribution is 0.0984. The minimum atomic E-state index is -0.804. The summed E-state index contributed by atoms with van der Waals surface area (Å²) in [6, 6.07) is 13.4. The summed E-state index contributed by atoms with van der Waals surface area (Å²) in [6.45, 7) is 0. The maximum absolute atomic E-state index is 12.6. The largest absolute Gasteiger partial charge is 0.326 e. The predicted octanol–water partition coefficient (Wildman–Crippen LogP) is 1.49. The summed E-state index contributed by atoms with van der Waals surface area (Å²) in [4.78, 5) is 51.6. The minimum absolute atomic E-state index is 0.208. The maximum Gasteiger partial charge on any atom is 0.326 e. The Kier molecular flexibility index (Phi) is 5.39. The van der Waals surface area contributed by atoms with E-state index < -0.39 is 23.1 Å². The SMILES string of the molecule is NN(C(=O)c1cccc(NC(=O)c2cc(=O)[nH]c(=O)[nH]2)c1)c1cccc(Cl)c1. The highest BCUT2D eigenvalue weighted by Gasteiger charge is 2.16. The smallest absolute Gasteiger partial charge is 0.321 e. The average Bonchev–Trinajstić information content (AvgIpc) is 2.66. The number of aromatic nitrogens is 2. The van der Waals surface area contributed by atoms with Gasteiger partial charge in [-0.05, 0) is 36.4 Å². The predicted molar refractivity (Wildman–Crippen MR) is 105 cm³/mol. The van der Waals surface area contributed by atoms with Crippen molar-refractivity contribution in [3.63, 3.8) is 0 Å². The number of hydrogen-bond donors (Lipinski definition) is 4. The van der Waals surface area contributed by atoms with Gasteiger partial charge in [-0.1, -0.05) is 23.7 Å². The van der Waals surface area contributed by atoms with Crippen LogP contribution in [0.3, 0.4) is 0 Å². The summed E-state index contributed by atoms with van der Waals surface area (Å²) < 4.78 is 0. The number of aromatic amines is 2. The van der Waals surface area contributed by atoms with Crippen molar-refractivity contribution >= 4 is 34.8 Å². The van der Waals surface area contributed by atoms with Crippen LogP contribution in [0.15, 0.2) is 64.2 Å². The number of amides is 2. The molecule has 0 saturated carbocycles. The average molecular weight is 400 g/mol. The van der Waals surface area contributed by atoms with Crippen molar-refractivity contribution in [3.8, 4) is 0 Å². The number of halogens is 1. The van der Waals surface area contributed by atoms with Gasteiger partial charge in [-0.25, -0.2) is 15.6 Å². The van der Waals surface area contributed by atoms with Crippen LogP contribution in [0.1, 0.15) is 20.8 Å². The highest BCUT2D eigenvalue weighted by atomic mass is 35.5. The molecule has 2 aromatic carbocycles. The summed E-state index contributed by atoms with van der Waals surface area (Å²) in [5.41, 5.74) is -0.853. The van der Waals surface area contributed by atoms with Gasteiger partial charge < -0.3 is 10.3 Å². The molecule has 1 aromatic heterocycles. The number of anilines is 2. The second kappa shape index (κ2) is 7.91. The van der Waals surface area contributed by atoms with Gasteiger partial charge in [0.15, 0.2) is 0 Å². The van der Waals surface area contributed by atoms with Crippen LogP contribution in [0, 0.1) is 0 Å². The van der Waals surface area contributed by atoms with Crippen LogP contribution in [0.4, 0.5) is 11.4 Å². The molecule has 0 saturated heterocycles. The molecule has 3 aromatic rings. The summed E-state index contributed by atoms with van der Waals surface area (Å²) >= 11 is 5.91. The van der Waals surface area contributed by atoms with Crippen molar-refractivity contribution < 1.29 is 9.59 Å². The molecule has 5 N–H and O–H groups in total. The first-order valence-electron chi connectivity index (χ1n) is 7.93. The second-order valence-corrected chi connectivity index (χ2v) is 6.13. The Labute approximate surface area is 162 Å². The fourth-order valence-corrected chi connectivity index (χ4v) is 2.59. The van der Waals surface area contributed by atoms with Gasteiger partial charge in [0.05, 0.1) is 5.69 Å². The summed E-state index contributed by atoms with van der Waals surface area (Å²) in [7, 11) is 0. The maximum atomic E-state index is 12.6. The summed E-state index contributed by atoms with van der Waals surface area (Å²) in [5, 5.41) is 3.86. The highest BCUT2D eigenvalue weighted by Crippen LogP contribution is 2.20. The fraction of sp³-hybridized carbons (Fsp3) is 0. The lowest BCUT2D eigenvalue weighted by Crippen LogP contribution is -2.37. The van der Waals surface area contributed by atoms with Crippen LogP contribution in [0.25, 0.3) is 0 Å². The molecule has 142 valence electrons. The molecule has 0 spiro atoms. The molecule has 0 radical (unpaired) electrons. The molecular formula is C18H14ClN5O4. The Morgan fingerprint density at radius 2 is 1.75 bits per heavy atom. The normalized spacial score (nSPS) is 10.4. The number of nitrogens with zero attached hydrogens (tertiary/aromatic N) is 1. The highest BCUT2D eigenvalue weighted by molar-refractivity contribution is 6.31. The van der Waals surface area contributed by atoms with E-state index in [-0.39, 0.29) is 16.9 Å². The van der Waals surface area contributed by atoms with Gasteiger partial charge >= 0.3 is 5.69 Å². The number of carbonyl (C=O) groups excluding carboxylic acids is 2. The van der Waals surface area contributed by atoms with Crippen LogP contribution in [-0.4, -0.2) is 21.8 Å². The van der Waals surface area contributed by atoms with Gasteiger partial charge in [-0.15, -0.1) is 0 Å². The summed E-state index contributed by atoms with van der Waals surface area (Å²) in [6.07, 6.45) is 0. The zero-order chi connectivity index (χ0) is 20.3. The number of H-pyrrole nitrogens is 2. The van der Waals surface area contributed by atoms with E-state index in [0.717, 1.165) is 11.1 Å². The van der Waals surface area contributed by atoms with Crippen LogP contribution >= 0.6 is 11.6 Å². The monoisotopic (exact) mass is 399 g/mol. The molecular weight excluding hydrogens is 386 g/mol. The van der Waals surface area contributed by atoms with Gasteiger partial charge in [-0.2, -0.15) is 0 Å². The quantitative estimate of drug-likeness (QED) is 0.299. The molecule has 10 heteroatoms. The first kappa shape index (κ1) is 19.1. The van der Waals surface area contributed by atoms with Crippen molar-refractivity contribution in [1.82, 2.24) is 9.97 Å². The van der Waals surface area contributed by atoms with Crippen LogP contribution in [-0.2, 0) is 0 Å². The first-order chi connectivity index (χ1) is 13.3. The van der Waals surface area contributed by atoms with Crippen molar-refractivity contribution in [3.05, 3.63) is 91.7 Å². The number of rotatable bonds is 4. The molecule has 0 aliphatic heterocycles. The summed E-state index contributed by atoms with van der Waals surface area (Å²) in [5.74, 6) is 4.63. The van der Waals surface area contributed by atoms with Gasteiger partial charge in [-0.3, -0.25) is 19.4 Å². The van der Waals surface area contributed by atoms with Crippen molar-refractivity contribution in [2.75, 3.05) is 10.3 Å². The number of nitrogens with one attached hydrogen (secondary N) is 3. The van der Waals surface area contributed by atoms with Gasteiger partial charge in [0.25, 0.3) is 17.4 Å². The number of benzene rings is 2. The molecule has 28 heavy (non-hydrogen) atoms. The second-order valence-electron chi connectivity index (χ2n) is 5.69. The molecule has 0 bridgehead atoms. The number of carbonyl (C=O) groups is 2. The van der Waals surface area contributed by atoms with Crippen LogP contribution < -0.4 is 27.4 Å².